The van der Waals surface area contributed by atoms with Gasteiger partial charge in [0.1, 0.15) is 5.82 Å². The summed E-state index contributed by atoms with van der Waals surface area (Å²) in [5, 5.41) is 3.52. The summed E-state index contributed by atoms with van der Waals surface area (Å²) < 4.78 is 10.9. The highest BCUT2D eigenvalue weighted by molar-refractivity contribution is 7.97. The summed E-state index contributed by atoms with van der Waals surface area (Å²) in [5.41, 5.74) is 3.22. The lowest BCUT2D eigenvalue weighted by Crippen LogP contribution is -2.37. The third-order valence-electron chi connectivity index (χ3n) is 4.84. The average molecular weight is 387 g/mol. The predicted octanol–water partition coefficient (Wildman–Crippen LogP) is 3.04. The van der Waals surface area contributed by atoms with Crippen LogP contribution in [0.5, 0.6) is 0 Å². The van der Waals surface area contributed by atoms with Crippen LogP contribution in [0, 0.1) is 0 Å². The van der Waals surface area contributed by atoms with Crippen molar-refractivity contribution < 1.29 is 9.47 Å². The van der Waals surface area contributed by atoms with E-state index in [1.165, 1.54) is 0 Å². The Kier molecular flexibility index (Phi) is 6.11. The maximum atomic E-state index is 5.48. The van der Waals surface area contributed by atoms with E-state index in [2.05, 4.69) is 46.8 Å². The summed E-state index contributed by atoms with van der Waals surface area (Å²) in [6, 6.07) is 10.9. The number of hydrogen-bond donors (Lipinski definition) is 1. The summed E-state index contributed by atoms with van der Waals surface area (Å²) in [7, 11) is 0. The number of morpholine rings is 1. The van der Waals surface area contributed by atoms with Gasteiger partial charge in [0.25, 0.3) is 0 Å². The lowest BCUT2D eigenvalue weighted by Gasteiger charge is -2.28. The third-order valence-corrected chi connectivity index (χ3v) is 5.42. The summed E-state index contributed by atoms with van der Waals surface area (Å²) in [4.78, 5) is 11.9. The summed E-state index contributed by atoms with van der Waals surface area (Å²) >= 11 is 1.78. The predicted molar refractivity (Wildman–Crippen MR) is 111 cm³/mol. The minimum absolute atomic E-state index is 0.407. The van der Waals surface area contributed by atoms with Gasteiger partial charge in [0.2, 0.25) is 0 Å². The molecule has 1 N–H and O–H groups in total. The molecule has 27 heavy (non-hydrogen) atoms. The van der Waals surface area contributed by atoms with Crippen molar-refractivity contribution in [3.63, 3.8) is 0 Å². The smallest absolute Gasteiger partial charge is 0.161 e. The van der Waals surface area contributed by atoms with E-state index in [-0.39, 0.29) is 0 Å². The first kappa shape index (κ1) is 18.5. The number of nitrogens with zero attached hydrogens (tertiary/aromatic N) is 3. The fourth-order valence-corrected chi connectivity index (χ4v) is 3.83. The highest BCUT2D eigenvalue weighted by atomic mass is 32.2. The molecule has 2 aromatic rings. The zero-order valence-corrected chi connectivity index (χ0v) is 16.5. The van der Waals surface area contributed by atoms with Gasteiger partial charge in [-0.2, -0.15) is 11.8 Å². The van der Waals surface area contributed by atoms with E-state index in [1.54, 1.807) is 11.8 Å². The number of rotatable bonds is 6. The Balaban J connectivity index is 1.56. The molecule has 7 heteroatoms. The van der Waals surface area contributed by atoms with E-state index in [9.17, 15) is 0 Å². The molecule has 144 valence electrons. The van der Waals surface area contributed by atoms with Gasteiger partial charge in [-0.1, -0.05) is 0 Å². The molecule has 2 fully saturated rings. The normalized spacial score (nSPS) is 20.0. The second-order valence-corrected chi connectivity index (χ2v) is 7.72. The van der Waals surface area contributed by atoms with E-state index in [1.807, 2.05) is 0 Å². The maximum Gasteiger partial charge on any atom is 0.161 e. The van der Waals surface area contributed by atoms with Gasteiger partial charge in [-0.05, 0) is 36.9 Å². The molecule has 0 saturated carbocycles. The number of benzene rings is 1. The van der Waals surface area contributed by atoms with E-state index in [0.717, 1.165) is 80.3 Å². The van der Waals surface area contributed by atoms with Crippen molar-refractivity contribution in [2.45, 2.75) is 18.2 Å². The summed E-state index contributed by atoms with van der Waals surface area (Å²) in [5.74, 6) is 2.67. The Hall–Kier alpha value is -1.83. The van der Waals surface area contributed by atoms with Gasteiger partial charge in [0.15, 0.2) is 5.82 Å². The Morgan fingerprint density at radius 3 is 2.63 bits per heavy atom. The van der Waals surface area contributed by atoms with Crippen LogP contribution in [0.25, 0.3) is 11.4 Å². The SMILES string of the molecule is CSCc1cc(N2CCOCC2)nc(-c2ccc(NC3CCOC3)cc2)n1. The number of anilines is 2. The summed E-state index contributed by atoms with van der Waals surface area (Å²) in [6.07, 6.45) is 3.16. The molecule has 2 aliphatic rings. The van der Waals surface area contributed by atoms with Crippen molar-refractivity contribution in [3.05, 3.63) is 36.0 Å². The molecule has 1 aromatic heterocycles. The zero-order valence-electron chi connectivity index (χ0n) is 15.7. The van der Waals surface area contributed by atoms with Gasteiger partial charge in [0, 0.05) is 42.8 Å². The van der Waals surface area contributed by atoms with Crippen LogP contribution in [-0.2, 0) is 15.2 Å². The van der Waals surface area contributed by atoms with Gasteiger partial charge < -0.3 is 19.7 Å². The van der Waals surface area contributed by atoms with Gasteiger partial charge in [-0.3, -0.25) is 0 Å². The fourth-order valence-electron chi connectivity index (χ4n) is 3.39. The molecular weight excluding hydrogens is 360 g/mol. The molecular formula is C20H26N4O2S. The van der Waals surface area contributed by atoms with E-state index < -0.39 is 0 Å². The van der Waals surface area contributed by atoms with Crippen LogP contribution in [-0.4, -0.2) is 61.8 Å². The van der Waals surface area contributed by atoms with Gasteiger partial charge in [0.05, 0.1) is 31.6 Å². The molecule has 0 amide bonds. The lowest BCUT2D eigenvalue weighted by atomic mass is 10.1. The standard InChI is InChI=1S/C20H26N4O2S/c1-27-14-18-12-19(24-7-10-25-11-8-24)23-20(22-18)15-2-4-16(5-3-15)21-17-6-9-26-13-17/h2-5,12,17,21H,6-11,13-14H2,1H3. The van der Waals surface area contributed by atoms with Crippen molar-refractivity contribution in [2.75, 3.05) is 56.0 Å². The molecule has 3 heterocycles. The zero-order chi connectivity index (χ0) is 18.5. The second-order valence-electron chi connectivity index (χ2n) is 6.86. The van der Waals surface area contributed by atoms with Crippen molar-refractivity contribution in [1.29, 1.82) is 0 Å². The van der Waals surface area contributed by atoms with Crippen LogP contribution < -0.4 is 10.2 Å². The Morgan fingerprint density at radius 2 is 1.93 bits per heavy atom. The molecule has 0 spiro atoms. The molecule has 1 atom stereocenters. The van der Waals surface area contributed by atoms with Crippen LogP contribution >= 0.6 is 11.8 Å². The van der Waals surface area contributed by atoms with Gasteiger partial charge in [-0.15, -0.1) is 0 Å². The number of hydrogen-bond acceptors (Lipinski definition) is 7. The van der Waals surface area contributed by atoms with E-state index >= 15 is 0 Å². The minimum atomic E-state index is 0.407. The van der Waals surface area contributed by atoms with Gasteiger partial charge >= 0.3 is 0 Å². The minimum Gasteiger partial charge on any atom is -0.380 e. The number of ether oxygens (including phenoxy) is 2. The number of aromatic nitrogens is 2. The van der Waals surface area contributed by atoms with E-state index in [4.69, 9.17) is 19.4 Å². The molecule has 0 aliphatic carbocycles. The lowest BCUT2D eigenvalue weighted by molar-refractivity contribution is 0.122. The first-order valence-corrected chi connectivity index (χ1v) is 10.9. The van der Waals surface area contributed by atoms with Crippen molar-refractivity contribution >= 4 is 23.3 Å². The molecule has 0 radical (unpaired) electrons. The second kappa shape index (κ2) is 8.91. The molecule has 2 aliphatic heterocycles. The molecule has 2 saturated heterocycles. The largest absolute Gasteiger partial charge is 0.380 e. The Bertz CT molecular complexity index is 744. The monoisotopic (exact) mass is 386 g/mol. The highest BCUT2D eigenvalue weighted by Gasteiger charge is 2.17. The topological polar surface area (TPSA) is 59.5 Å². The third kappa shape index (κ3) is 4.72. The highest BCUT2D eigenvalue weighted by Crippen LogP contribution is 2.24. The van der Waals surface area contributed by atoms with Crippen LogP contribution in [0.3, 0.4) is 0 Å². The average Bonchev–Trinajstić information content (AvgIpc) is 3.22. The van der Waals surface area contributed by atoms with Crippen LogP contribution in [0.1, 0.15) is 12.1 Å². The quantitative estimate of drug-likeness (QED) is 0.819. The van der Waals surface area contributed by atoms with Crippen molar-refractivity contribution in [1.82, 2.24) is 9.97 Å². The first-order valence-electron chi connectivity index (χ1n) is 9.46. The number of thioether (sulfide) groups is 1. The van der Waals surface area contributed by atoms with Gasteiger partial charge in [-0.25, -0.2) is 9.97 Å². The molecule has 1 aromatic carbocycles. The number of nitrogens with one attached hydrogen (secondary N) is 1. The Morgan fingerprint density at radius 1 is 1.11 bits per heavy atom. The van der Waals surface area contributed by atoms with Crippen LogP contribution in [0.4, 0.5) is 11.5 Å². The maximum absolute atomic E-state index is 5.48. The molecule has 1 unspecified atom stereocenters. The molecule has 0 bridgehead atoms. The fraction of sp³-hybridized carbons (Fsp3) is 0.500. The van der Waals surface area contributed by atoms with E-state index in [0.29, 0.717) is 6.04 Å². The molecule has 6 nitrogen and oxygen atoms in total. The Labute approximate surface area is 164 Å². The summed E-state index contributed by atoms with van der Waals surface area (Å²) in [6.45, 7) is 4.88. The van der Waals surface area contributed by atoms with Crippen molar-refractivity contribution in [3.8, 4) is 11.4 Å². The van der Waals surface area contributed by atoms with Crippen LogP contribution in [0.15, 0.2) is 30.3 Å². The van der Waals surface area contributed by atoms with Crippen LogP contribution in [0.2, 0.25) is 0 Å². The molecule has 4 rings (SSSR count). The van der Waals surface area contributed by atoms with Crippen molar-refractivity contribution in [2.24, 2.45) is 0 Å². The first-order chi connectivity index (χ1) is 13.3.